The summed E-state index contributed by atoms with van der Waals surface area (Å²) >= 11 is 3.30. The van der Waals surface area contributed by atoms with E-state index in [1.165, 1.54) is 6.08 Å². The van der Waals surface area contributed by atoms with Gasteiger partial charge in [0.1, 0.15) is 5.57 Å². The lowest BCUT2D eigenvalue weighted by Crippen LogP contribution is -2.54. The van der Waals surface area contributed by atoms with Gasteiger partial charge in [-0.25, -0.2) is 9.69 Å². The van der Waals surface area contributed by atoms with E-state index in [-0.39, 0.29) is 12.4 Å². The lowest BCUT2D eigenvalue weighted by Gasteiger charge is -2.26. The van der Waals surface area contributed by atoms with Gasteiger partial charge in [-0.3, -0.25) is 14.9 Å². The van der Waals surface area contributed by atoms with Crippen molar-refractivity contribution >= 4 is 45.5 Å². The molecule has 0 bridgehead atoms. The predicted octanol–water partition coefficient (Wildman–Crippen LogP) is 2.84. The number of fused-ring (bicyclic) bond motifs is 1. The molecule has 8 heteroatoms. The summed E-state index contributed by atoms with van der Waals surface area (Å²) in [5, 5.41) is 2.19. The lowest BCUT2D eigenvalue weighted by atomic mass is 10.1. The molecule has 130 valence electrons. The van der Waals surface area contributed by atoms with Crippen LogP contribution in [-0.2, 0) is 9.59 Å². The van der Waals surface area contributed by atoms with Crippen LogP contribution in [0.25, 0.3) is 6.08 Å². The van der Waals surface area contributed by atoms with Gasteiger partial charge in [-0.05, 0) is 42.0 Å². The van der Waals surface area contributed by atoms with Crippen LogP contribution in [0.1, 0.15) is 5.56 Å². The van der Waals surface area contributed by atoms with Gasteiger partial charge in [0.2, 0.25) is 6.79 Å². The minimum atomic E-state index is -0.791. The van der Waals surface area contributed by atoms with Crippen LogP contribution < -0.4 is 19.7 Å². The Kier molecular flexibility index (Phi) is 3.96. The number of benzene rings is 2. The summed E-state index contributed by atoms with van der Waals surface area (Å²) in [6, 6.07) is 10.9. The van der Waals surface area contributed by atoms with E-state index in [2.05, 4.69) is 21.2 Å². The van der Waals surface area contributed by atoms with E-state index in [4.69, 9.17) is 9.47 Å². The fourth-order valence-electron chi connectivity index (χ4n) is 2.68. The first kappa shape index (κ1) is 16.3. The molecule has 0 radical (unpaired) electrons. The number of anilines is 1. The summed E-state index contributed by atoms with van der Waals surface area (Å²) in [6.45, 7) is 0.125. The largest absolute Gasteiger partial charge is 0.454 e. The highest BCUT2D eigenvalue weighted by molar-refractivity contribution is 9.10. The Hall–Kier alpha value is -3.13. The van der Waals surface area contributed by atoms with Crippen molar-refractivity contribution < 1.29 is 23.9 Å². The fourth-order valence-corrected chi connectivity index (χ4v) is 3.06. The van der Waals surface area contributed by atoms with Crippen molar-refractivity contribution in [1.82, 2.24) is 5.32 Å². The number of hydrogen-bond acceptors (Lipinski definition) is 5. The second-order valence-corrected chi connectivity index (χ2v) is 6.47. The summed E-state index contributed by atoms with van der Waals surface area (Å²) in [4.78, 5) is 38.1. The third-order valence-electron chi connectivity index (χ3n) is 3.88. The van der Waals surface area contributed by atoms with Crippen LogP contribution >= 0.6 is 15.9 Å². The van der Waals surface area contributed by atoms with E-state index in [0.29, 0.717) is 27.2 Å². The number of nitrogens with zero attached hydrogens (tertiary/aromatic N) is 1. The van der Waals surface area contributed by atoms with Crippen molar-refractivity contribution in [1.29, 1.82) is 0 Å². The zero-order valence-corrected chi connectivity index (χ0v) is 14.8. The number of ether oxygens (including phenoxy) is 2. The number of carbonyl (C=O) groups excluding carboxylic acids is 3. The third-order valence-corrected chi connectivity index (χ3v) is 4.37. The van der Waals surface area contributed by atoms with Gasteiger partial charge in [0, 0.05) is 4.47 Å². The molecule has 26 heavy (non-hydrogen) atoms. The Morgan fingerprint density at radius 1 is 1.04 bits per heavy atom. The highest BCUT2D eigenvalue weighted by Crippen LogP contribution is 2.33. The van der Waals surface area contributed by atoms with Gasteiger partial charge < -0.3 is 9.47 Å². The molecule has 0 aliphatic carbocycles. The van der Waals surface area contributed by atoms with Gasteiger partial charge in [0.25, 0.3) is 11.8 Å². The van der Waals surface area contributed by atoms with Gasteiger partial charge in [0.05, 0.1) is 5.69 Å². The molecule has 2 heterocycles. The highest BCUT2D eigenvalue weighted by Gasteiger charge is 2.36. The molecule has 2 aliphatic heterocycles. The Morgan fingerprint density at radius 3 is 2.65 bits per heavy atom. The van der Waals surface area contributed by atoms with Gasteiger partial charge in [-0.15, -0.1) is 0 Å². The SMILES string of the molecule is O=C1NC(=O)N(c2cccc(Br)c2)C(=O)C1=Cc1ccc2c(c1)OCO2. The molecule has 7 nitrogen and oxygen atoms in total. The molecule has 1 N–H and O–H groups in total. The molecule has 0 spiro atoms. The van der Waals surface area contributed by atoms with Crippen molar-refractivity contribution in [2.45, 2.75) is 0 Å². The first-order valence-corrected chi connectivity index (χ1v) is 8.39. The number of halogens is 1. The summed E-state index contributed by atoms with van der Waals surface area (Å²) < 4.78 is 11.2. The Labute approximate surface area is 156 Å². The van der Waals surface area contributed by atoms with Crippen molar-refractivity contribution in [2.75, 3.05) is 11.7 Å². The van der Waals surface area contributed by atoms with Crippen molar-refractivity contribution in [2.24, 2.45) is 0 Å². The number of imide groups is 2. The Morgan fingerprint density at radius 2 is 1.85 bits per heavy atom. The van der Waals surface area contributed by atoms with E-state index in [1.807, 2.05) is 0 Å². The van der Waals surface area contributed by atoms with Crippen LogP contribution in [0.5, 0.6) is 11.5 Å². The zero-order chi connectivity index (χ0) is 18.3. The van der Waals surface area contributed by atoms with Crippen LogP contribution in [0, 0.1) is 0 Å². The van der Waals surface area contributed by atoms with E-state index < -0.39 is 17.8 Å². The molecule has 0 saturated carbocycles. The van der Waals surface area contributed by atoms with Crippen LogP contribution in [0.3, 0.4) is 0 Å². The number of carbonyl (C=O) groups is 3. The number of urea groups is 1. The second kappa shape index (κ2) is 6.30. The first-order valence-electron chi connectivity index (χ1n) is 7.59. The summed E-state index contributed by atoms with van der Waals surface area (Å²) in [6.07, 6.45) is 1.41. The number of nitrogens with one attached hydrogen (secondary N) is 1. The van der Waals surface area contributed by atoms with Crippen LogP contribution in [0.4, 0.5) is 10.5 Å². The molecule has 2 aliphatic rings. The number of hydrogen-bond donors (Lipinski definition) is 1. The van der Waals surface area contributed by atoms with Gasteiger partial charge >= 0.3 is 6.03 Å². The highest BCUT2D eigenvalue weighted by atomic mass is 79.9. The molecule has 2 aromatic carbocycles. The van der Waals surface area contributed by atoms with Gasteiger partial charge in [-0.2, -0.15) is 0 Å². The number of amides is 4. The molecular weight excluding hydrogens is 404 g/mol. The smallest absolute Gasteiger partial charge is 0.335 e. The molecule has 0 aromatic heterocycles. The van der Waals surface area contributed by atoms with E-state index in [0.717, 1.165) is 4.90 Å². The molecule has 1 saturated heterocycles. The molecule has 0 unspecified atom stereocenters. The number of barbiturate groups is 1. The maximum absolute atomic E-state index is 12.8. The molecule has 4 rings (SSSR count). The maximum atomic E-state index is 12.8. The number of rotatable bonds is 2. The van der Waals surface area contributed by atoms with Crippen molar-refractivity contribution in [3.8, 4) is 11.5 Å². The molecule has 2 aromatic rings. The van der Waals surface area contributed by atoms with E-state index in [9.17, 15) is 14.4 Å². The molecular formula is C18H11BrN2O5. The zero-order valence-electron chi connectivity index (χ0n) is 13.2. The third kappa shape index (κ3) is 2.84. The quantitative estimate of drug-likeness (QED) is 0.603. The topological polar surface area (TPSA) is 84.9 Å². The molecule has 1 fully saturated rings. The van der Waals surface area contributed by atoms with Crippen LogP contribution in [0.15, 0.2) is 52.5 Å². The molecule has 0 atom stereocenters. The van der Waals surface area contributed by atoms with E-state index in [1.54, 1.807) is 42.5 Å². The van der Waals surface area contributed by atoms with Crippen molar-refractivity contribution in [3.63, 3.8) is 0 Å². The normalized spacial score (nSPS) is 17.7. The Balaban J connectivity index is 1.72. The minimum Gasteiger partial charge on any atom is -0.454 e. The average molecular weight is 415 g/mol. The van der Waals surface area contributed by atoms with E-state index >= 15 is 0 Å². The second-order valence-electron chi connectivity index (χ2n) is 5.55. The average Bonchev–Trinajstić information content (AvgIpc) is 3.06. The molecule has 4 amide bonds. The summed E-state index contributed by atoms with van der Waals surface area (Å²) in [7, 11) is 0. The first-order chi connectivity index (χ1) is 12.5. The van der Waals surface area contributed by atoms with Crippen LogP contribution in [-0.4, -0.2) is 24.6 Å². The van der Waals surface area contributed by atoms with Gasteiger partial charge in [0.15, 0.2) is 11.5 Å². The van der Waals surface area contributed by atoms with Crippen molar-refractivity contribution in [3.05, 3.63) is 58.1 Å². The lowest BCUT2D eigenvalue weighted by molar-refractivity contribution is -0.122. The predicted molar refractivity (Wildman–Crippen MR) is 95.7 cm³/mol. The Bertz CT molecular complexity index is 985. The van der Waals surface area contributed by atoms with Gasteiger partial charge in [-0.1, -0.05) is 28.1 Å². The van der Waals surface area contributed by atoms with Crippen LogP contribution in [0.2, 0.25) is 0 Å². The maximum Gasteiger partial charge on any atom is 0.335 e. The fraction of sp³-hybridized carbons (Fsp3) is 0.0556. The standard InChI is InChI=1S/C18H11BrN2O5/c19-11-2-1-3-12(8-11)21-17(23)13(16(22)20-18(21)24)6-10-4-5-14-15(7-10)26-9-25-14/h1-8H,9H2,(H,20,22,24). The minimum absolute atomic E-state index is 0.125. The summed E-state index contributed by atoms with van der Waals surface area (Å²) in [5.41, 5.74) is 0.783. The summed E-state index contributed by atoms with van der Waals surface area (Å²) in [5.74, 6) is -0.320. The monoisotopic (exact) mass is 414 g/mol.